The van der Waals surface area contributed by atoms with E-state index in [1.807, 2.05) is 19.3 Å². The van der Waals surface area contributed by atoms with Crippen molar-refractivity contribution in [3.05, 3.63) is 18.3 Å². The zero-order chi connectivity index (χ0) is 10.4. The number of nitrogens with one attached hydrogen (secondary N) is 2. The maximum absolute atomic E-state index is 4.25. The summed E-state index contributed by atoms with van der Waals surface area (Å²) in [6.45, 7) is 4.38. The Labute approximate surface area is 85.9 Å². The Morgan fingerprint density at radius 2 is 2.00 bits per heavy atom. The SMILES string of the molecule is CCC(CC)Nc1ccc(NC)nc1. The molecule has 0 radical (unpaired) electrons. The molecule has 0 fully saturated rings. The smallest absolute Gasteiger partial charge is 0.125 e. The van der Waals surface area contributed by atoms with Crippen LogP contribution >= 0.6 is 0 Å². The summed E-state index contributed by atoms with van der Waals surface area (Å²) in [6, 6.07) is 4.58. The van der Waals surface area contributed by atoms with Crippen LogP contribution in [0.25, 0.3) is 0 Å². The second kappa shape index (κ2) is 5.47. The second-order valence-corrected chi connectivity index (χ2v) is 3.34. The summed E-state index contributed by atoms with van der Waals surface area (Å²) in [6.07, 6.45) is 4.15. The average Bonchev–Trinajstić information content (AvgIpc) is 2.26. The zero-order valence-electron chi connectivity index (χ0n) is 9.17. The van der Waals surface area contributed by atoms with Gasteiger partial charge in [-0.15, -0.1) is 0 Å². The predicted molar refractivity (Wildman–Crippen MR) is 61.8 cm³/mol. The highest BCUT2D eigenvalue weighted by Crippen LogP contribution is 2.12. The molecule has 2 N–H and O–H groups in total. The molecule has 14 heavy (non-hydrogen) atoms. The first-order chi connectivity index (χ1) is 6.80. The van der Waals surface area contributed by atoms with Gasteiger partial charge in [-0.1, -0.05) is 13.8 Å². The minimum absolute atomic E-state index is 0.553. The summed E-state index contributed by atoms with van der Waals surface area (Å²) in [7, 11) is 1.87. The fourth-order valence-corrected chi connectivity index (χ4v) is 1.36. The third-order valence-corrected chi connectivity index (χ3v) is 2.38. The van der Waals surface area contributed by atoms with Gasteiger partial charge in [0.15, 0.2) is 0 Å². The van der Waals surface area contributed by atoms with Crippen molar-refractivity contribution in [3.8, 4) is 0 Å². The van der Waals surface area contributed by atoms with E-state index in [-0.39, 0.29) is 0 Å². The van der Waals surface area contributed by atoms with Crippen LogP contribution < -0.4 is 10.6 Å². The lowest BCUT2D eigenvalue weighted by Gasteiger charge is -2.15. The van der Waals surface area contributed by atoms with E-state index in [1.165, 1.54) is 0 Å². The van der Waals surface area contributed by atoms with Gasteiger partial charge in [-0.3, -0.25) is 0 Å². The number of rotatable bonds is 5. The zero-order valence-corrected chi connectivity index (χ0v) is 9.17. The van der Waals surface area contributed by atoms with E-state index in [0.29, 0.717) is 6.04 Å². The third-order valence-electron chi connectivity index (χ3n) is 2.38. The van der Waals surface area contributed by atoms with Crippen molar-refractivity contribution in [2.24, 2.45) is 0 Å². The highest BCUT2D eigenvalue weighted by molar-refractivity contribution is 5.47. The Bertz CT molecular complexity index is 252. The topological polar surface area (TPSA) is 37.0 Å². The maximum atomic E-state index is 4.25. The van der Waals surface area contributed by atoms with Crippen LogP contribution in [0.15, 0.2) is 18.3 Å². The minimum Gasteiger partial charge on any atom is -0.381 e. The van der Waals surface area contributed by atoms with E-state index in [1.54, 1.807) is 0 Å². The largest absolute Gasteiger partial charge is 0.381 e. The molecule has 0 bridgehead atoms. The summed E-state index contributed by atoms with van der Waals surface area (Å²) in [5.74, 6) is 0.903. The lowest BCUT2D eigenvalue weighted by molar-refractivity contribution is 0.671. The molecule has 0 aliphatic rings. The molecule has 0 spiro atoms. The van der Waals surface area contributed by atoms with Crippen LogP contribution in [0.1, 0.15) is 26.7 Å². The summed E-state index contributed by atoms with van der Waals surface area (Å²) in [5.41, 5.74) is 1.10. The van der Waals surface area contributed by atoms with Crippen molar-refractivity contribution < 1.29 is 0 Å². The number of hydrogen-bond donors (Lipinski definition) is 2. The van der Waals surface area contributed by atoms with Crippen LogP contribution in [0.3, 0.4) is 0 Å². The van der Waals surface area contributed by atoms with Gasteiger partial charge in [0.1, 0.15) is 5.82 Å². The van der Waals surface area contributed by atoms with Crippen LogP contribution in [0.4, 0.5) is 11.5 Å². The van der Waals surface area contributed by atoms with Gasteiger partial charge in [-0.2, -0.15) is 0 Å². The number of anilines is 2. The molecule has 3 heteroatoms. The van der Waals surface area contributed by atoms with Crippen molar-refractivity contribution >= 4 is 11.5 Å². The Morgan fingerprint density at radius 1 is 1.29 bits per heavy atom. The van der Waals surface area contributed by atoms with Crippen molar-refractivity contribution in [2.45, 2.75) is 32.7 Å². The molecule has 78 valence electrons. The molecule has 0 aromatic carbocycles. The minimum atomic E-state index is 0.553. The van der Waals surface area contributed by atoms with E-state index >= 15 is 0 Å². The molecule has 1 aromatic rings. The normalized spacial score (nSPS) is 10.3. The Kier molecular flexibility index (Phi) is 4.23. The standard InChI is InChI=1S/C11H19N3/c1-4-9(5-2)14-10-6-7-11(12-3)13-8-10/h6-9,14H,4-5H2,1-3H3,(H,12,13). The first kappa shape index (κ1) is 10.8. The average molecular weight is 193 g/mol. The Morgan fingerprint density at radius 3 is 2.43 bits per heavy atom. The molecule has 0 unspecified atom stereocenters. The number of aromatic nitrogens is 1. The lowest BCUT2D eigenvalue weighted by atomic mass is 10.1. The molecular weight excluding hydrogens is 174 g/mol. The molecule has 0 aliphatic heterocycles. The van der Waals surface area contributed by atoms with Crippen LogP contribution in [-0.4, -0.2) is 18.1 Å². The van der Waals surface area contributed by atoms with Crippen LogP contribution in [0, 0.1) is 0 Å². The summed E-state index contributed by atoms with van der Waals surface area (Å²) < 4.78 is 0. The van der Waals surface area contributed by atoms with Gasteiger partial charge in [0, 0.05) is 13.1 Å². The molecule has 0 atom stereocenters. The Balaban J connectivity index is 2.58. The van der Waals surface area contributed by atoms with E-state index in [4.69, 9.17) is 0 Å². The highest BCUT2D eigenvalue weighted by atomic mass is 15.0. The van der Waals surface area contributed by atoms with Crippen molar-refractivity contribution in [2.75, 3.05) is 17.7 Å². The second-order valence-electron chi connectivity index (χ2n) is 3.34. The molecular formula is C11H19N3. The molecule has 3 nitrogen and oxygen atoms in total. The van der Waals surface area contributed by atoms with E-state index in [9.17, 15) is 0 Å². The monoisotopic (exact) mass is 193 g/mol. The lowest BCUT2D eigenvalue weighted by Crippen LogP contribution is -2.16. The molecule has 1 aromatic heterocycles. The molecule has 1 heterocycles. The number of pyridine rings is 1. The maximum Gasteiger partial charge on any atom is 0.125 e. The number of nitrogens with zero attached hydrogens (tertiary/aromatic N) is 1. The highest BCUT2D eigenvalue weighted by Gasteiger charge is 2.02. The van der Waals surface area contributed by atoms with Crippen molar-refractivity contribution in [1.29, 1.82) is 0 Å². The van der Waals surface area contributed by atoms with E-state index in [0.717, 1.165) is 24.3 Å². The first-order valence-electron chi connectivity index (χ1n) is 5.20. The molecule has 0 saturated heterocycles. The molecule has 0 amide bonds. The molecule has 0 saturated carbocycles. The third kappa shape index (κ3) is 2.91. The predicted octanol–water partition coefficient (Wildman–Crippen LogP) is 2.72. The van der Waals surface area contributed by atoms with Crippen molar-refractivity contribution in [3.63, 3.8) is 0 Å². The van der Waals surface area contributed by atoms with E-state index in [2.05, 4.69) is 35.5 Å². The summed E-state index contributed by atoms with van der Waals surface area (Å²) >= 11 is 0. The van der Waals surface area contributed by atoms with Gasteiger partial charge in [-0.05, 0) is 25.0 Å². The van der Waals surface area contributed by atoms with Gasteiger partial charge >= 0.3 is 0 Å². The van der Waals surface area contributed by atoms with E-state index < -0.39 is 0 Å². The summed E-state index contributed by atoms with van der Waals surface area (Å²) in [5, 5.41) is 6.44. The molecule has 1 rings (SSSR count). The summed E-state index contributed by atoms with van der Waals surface area (Å²) in [4.78, 5) is 4.25. The van der Waals surface area contributed by atoms with Gasteiger partial charge < -0.3 is 10.6 Å². The fraction of sp³-hybridized carbons (Fsp3) is 0.545. The van der Waals surface area contributed by atoms with Gasteiger partial charge in [0.25, 0.3) is 0 Å². The Hall–Kier alpha value is -1.25. The van der Waals surface area contributed by atoms with Gasteiger partial charge in [0.05, 0.1) is 11.9 Å². The van der Waals surface area contributed by atoms with Gasteiger partial charge in [0.2, 0.25) is 0 Å². The van der Waals surface area contributed by atoms with Crippen LogP contribution in [-0.2, 0) is 0 Å². The molecule has 0 aliphatic carbocycles. The van der Waals surface area contributed by atoms with Gasteiger partial charge in [-0.25, -0.2) is 4.98 Å². The van der Waals surface area contributed by atoms with Crippen LogP contribution in [0.5, 0.6) is 0 Å². The number of hydrogen-bond acceptors (Lipinski definition) is 3. The first-order valence-corrected chi connectivity index (χ1v) is 5.20. The fourth-order valence-electron chi connectivity index (χ4n) is 1.36. The van der Waals surface area contributed by atoms with Crippen LogP contribution in [0.2, 0.25) is 0 Å². The quantitative estimate of drug-likeness (QED) is 0.755. The van der Waals surface area contributed by atoms with Crippen molar-refractivity contribution in [1.82, 2.24) is 4.98 Å².